The average molecular weight is 403 g/mol. The Labute approximate surface area is 169 Å². The fraction of sp³-hybridized carbons (Fsp3) is 0.350. The van der Waals surface area contributed by atoms with Crippen LogP contribution in [0.4, 0.5) is 0 Å². The van der Waals surface area contributed by atoms with Crippen molar-refractivity contribution in [1.29, 1.82) is 0 Å². The number of nitrogens with one attached hydrogen (secondary N) is 2. The van der Waals surface area contributed by atoms with Gasteiger partial charge in [-0.05, 0) is 30.5 Å². The van der Waals surface area contributed by atoms with Gasteiger partial charge in [-0.15, -0.1) is 0 Å². The molecule has 8 heteroatoms. The number of hydrogen-bond acceptors (Lipinski definition) is 7. The summed E-state index contributed by atoms with van der Waals surface area (Å²) in [6, 6.07) is 5.49. The number of aliphatic hydroxyl groups is 1. The summed E-state index contributed by atoms with van der Waals surface area (Å²) < 4.78 is 5.17. The summed E-state index contributed by atoms with van der Waals surface area (Å²) in [7, 11) is 1.57. The molecule has 1 atom stereocenters. The molecule has 0 amide bonds. The van der Waals surface area contributed by atoms with Crippen LogP contribution in [-0.2, 0) is 11.3 Å². The second-order valence-electron chi connectivity index (χ2n) is 6.50. The summed E-state index contributed by atoms with van der Waals surface area (Å²) in [6.45, 7) is 5.02. The van der Waals surface area contributed by atoms with Crippen molar-refractivity contribution in [3.05, 3.63) is 58.5 Å². The molecule has 1 fully saturated rings. The molecular formula is C20H23ClN4O3. The van der Waals surface area contributed by atoms with Crippen LogP contribution < -0.4 is 15.4 Å². The Bertz CT molecular complexity index is 874. The molecule has 0 saturated carbocycles. The number of aliphatic hydroxyl groups excluding tert-OH is 1. The van der Waals surface area contributed by atoms with Crippen molar-refractivity contribution in [3.63, 3.8) is 0 Å². The van der Waals surface area contributed by atoms with E-state index in [1.165, 1.54) is 0 Å². The molecule has 2 aliphatic heterocycles. The highest BCUT2D eigenvalue weighted by Crippen LogP contribution is 2.26. The maximum absolute atomic E-state index is 11.5. The number of likely N-dealkylation sites (tertiary alicyclic amines) is 1. The minimum Gasteiger partial charge on any atom is -0.495 e. The van der Waals surface area contributed by atoms with E-state index >= 15 is 0 Å². The molecule has 0 bridgehead atoms. The van der Waals surface area contributed by atoms with Crippen molar-refractivity contribution in [1.82, 2.24) is 15.5 Å². The van der Waals surface area contributed by atoms with Crippen LogP contribution in [0.15, 0.2) is 52.9 Å². The number of rotatable bonds is 6. The summed E-state index contributed by atoms with van der Waals surface area (Å²) in [5.41, 5.74) is 1.74. The van der Waals surface area contributed by atoms with Gasteiger partial charge in [-0.3, -0.25) is 0 Å². The van der Waals surface area contributed by atoms with Gasteiger partial charge in [-0.25, -0.2) is 4.79 Å². The Kier molecular flexibility index (Phi) is 6.41. The number of nitrogens with zero attached hydrogens (tertiary/aromatic N) is 2. The molecule has 3 N–H and O–H groups in total. The lowest BCUT2D eigenvalue weighted by Gasteiger charge is -2.30. The highest BCUT2D eigenvalue weighted by molar-refractivity contribution is 6.32. The van der Waals surface area contributed by atoms with Crippen LogP contribution in [0, 0.1) is 0 Å². The Morgan fingerprint density at radius 3 is 3.04 bits per heavy atom. The lowest BCUT2D eigenvalue weighted by Crippen LogP contribution is -2.47. The Morgan fingerprint density at radius 1 is 1.57 bits per heavy atom. The first-order valence-corrected chi connectivity index (χ1v) is 9.40. The molecule has 7 nitrogen and oxygen atoms in total. The van der Waals surface area contributed by atoms with Crippen LogP contribution in [0.2, 0.25) is 5.02 Å². The van der Waals surface area contributed by atoms with Gasteiger partial charge in [0.2, 0.25) is 5.96 Å². The van der Waals surface area contributed by atoms with E-state index in [4.69, 9.17) is 16.3 Å². The van der Waals surface area contributed by atoms with Crippen LogP contribution in [0.5, 0.6) is 5.75 Å². The second kappa shape index (κ2) is 8.97. The Morgan fingerprint density at radius 2 is 2.39 bits per heavy atom. The molecule has 0 aromatic heterocycles. The summed E-state index contributed by atoms with van der Waals surface area (Å²) in [4.78, 5) is 18.1. The standard InChI is InChI=1S/C20H23ClN4O3/c1-3-15-17(12-27)23-20(25-8-4-5-14(25)11-26)24-19(15)22-10-13-6-7-18(28-2)16(21)9-13/h3,6-7,9,14,22,26H,1,4-5,8,10-11H2,2H3,(H,23,24)/t14-/m0/s1. The maximum Gasteiger partial charge on any atom is 0.206 e. The van der Waals surface area contributed by atoms with Crippen molar-refractivity contribution in [2.24, 2.45) is 4.99 Å². The summed E-state index contributed by atoms with van der Waals surface area (Å²) in [5, 5.41) is 16.4. The van der Waals surface area contributed by atoms with E-state index in [2.05, 4.69) is 22.2 Å². The molecule has 2 aliphatic rings. The van der Waals surface area contributed by atoms with E-state index in [-0.39, 0.29) is 18.3 Å². The predicted octanol–water partition coefficient (Wildman–Crippen LogP) is 1.97. The quantitative estimate of drug-likeness (QED) is 0.631. The molecule has 0 spiro atoms. The van der Waals surface area contributed by atoms with Gasteiger partial charge in [0.05, 0.1) is 30.4 Å². The van der Waals surface area contributed by atoms with Crippen LogP contribution in [0.25, 0.3) is 0 Å². The molecule has 2 heterocycles. The third-order valence-corrected chi connectivity index (χ3v) is 5.12. The fourth-order valence-electron chi connectivity index (χ4n) is 3.35. The molecule has 0 unspecified atom stereocenters. The molecule has 0 aliphatic carbocycles. The zero-order chi connectivity index (χ0) is 20.1. The molecule has 3 rings (SSSR count). The number of allylic oxidation sites excluding steroid dienone is 1. The topological polar surface area (TPSA) is 86.2 Å². The van der Waals surface area contributed by atoms with E-state index < -0.39 is 0 Å². The van der Waals surface area contributed by atoms with E-state index in [9.17, 15) is 9.90 Å². The maximum atomic E-state index is 11.5. The Balaban J connectivity index is 1.86. The van der Waals surface area contributed by atoms with Crippen molar-refractivity contribution < 1.29 is 14.6 Å². The zero-order valence-corrected chi connectivity index (χ0v) is 16.4. The molecule has 148 valence electrons. The highest BCUT2D eigenvalue weighted by Gasteiger charge is 2.30. The van der Waals surface area contributed by atoms with Gasteiger partial charge in [-0.2, -0.15) is 4.99 Å². The number of guanidine groups is 1. The molecule has 1 saturated heterocycles. The van der Waals surface area contributed by atoms with E-state index in [0.717, 1.165) is 24.9 Å². The van der Waals surface area contributed by atoms with E-state index in [0.29, 0.717) is 34.7 Å². The minimum absolute atomic E-state index is 0.0222. The highest BCUT2D eigenvalue weighted by atomic mass is 35.5. The average Bonchev–Trinajstić information content (AvgIpc) is 3.20. The van der Waals surface area contributed by atoms with Crippen LogP contribution in [0.3, 0.4) is 0 Å². The monoisotopic (exact) mass is 402 g/mol. The lowest BCUT2D eigenvalue weighted by molar-refractivity contribution is 0.206. The molecule has 1 aromatic rings. The predicted molar refractivity (Wildman–Crippen MR) is 109 cm³/mol. The molecule has 1 aromatic carbocycles. The van der Waals surface area contributed by atoms with E-state index in [1.807, 2.05) is 23.0 Å². The van der Waals surface area contributed by atoms with Crippen molar-refractivity contribution in [2.45, 2.75) is 25.4 Å². The number of carbonyl (C=O) groups excluding carboxylic acids is 1. The zero-order valence-electron chi connectivity index (χ0n) is 15.7. The second-order valence-corrected chi connectivity index (χ2v) is 6.91. The SMILES string of the molecule is C=CC1=C(NCc2ccc(OC)c(Cl)c2)N=C(N2CCC[C@H]2CO)NC1=C=O. The van der Waals surface area contributed by atoms with Gasteiger partial charge >= 0.3 is 0 Å². The van der Waals surface area contributed by atoms with Crippen LogP contribution in [-0.4, -0.2) is 48.2 Å². The van der Waals surface area contributed by atoms with Gasteiger partial charge < -0.3 is 25.4 Å². The summed E-state index contributed by atoms with van der Waals surface area (Å²) in [6.07, 6.45) is 3.39. The van der Waals surface area contributed by atoms with E-state index in [1.54, 1.807) is 19.3 Å². The molecule has 0 radical (unpaired) electrons. The van der Waals surface area contributed by atoms with Crippen molar-refractivity contribution in [2.75, 3.05) is 20.3 Å². The largest absolute Gasteiger partial charge is 0.495 e. The summed E-state index contributed by atoms with van der Waals surface area (Å²) in [5.74, 6) is 3.56. The number of hydrogen-bond donors (Lipinski definition) is 3. The Hall–Kier alpha value is -2.73. The van der Waals surface area contributed by atoms with Crippen LogP contribution >= 0.6 is 11.6 Å². The van der Waals surface area contributed by atoms with Crippen molar-refractivity contribution in [3.8, 4) is 5.75 Å². The smallest absolute Gasteiger partial charge is 0.206 e. The third-order valence-electron chi connectivity index (χ3n) is 4.82. The number of methoxy groups -OCH3 is 1. The van der Waals surface area contributed by atoms with Gasteiger partial charge in [0, 0.05) is 13.1 Å². The number of halogens is 1. The molecular weight excluding hydrogens is 380 g/mol. The number of benzene rings is 1. The van der Waals surface area contributed by atoms with Gasteiger partial charge in [0.25, 0.3) is 0 Å². The van der Waals surface area contributed by atoms with Gasteiger partial charge in [0.1, 0.15) is 17.3 Å². The lowest BCUT2D eigenvalue weighted by atomic mass is 10.1. The molecule has 28 heavy (non-hydrogen) atoms. The minimum atomic E-state index is -0.0222. The van der Waals surface area contributed by atoms with Crippen molar-refractivity contribution >= 4 is 23.5 Å². The first kappa shape index (κ1) is 20.0. The first-order valence-electron chi connectivity index (χ1n) is 9.03. The number of aliphatic imine (C=N–C) groups is 1. The van der Waals surface area contributed by atoms with Crippen LogP contribution in [0.1, 0.15) is 18.4 Å². The van der Waals surface area contributed by atoms with Gasteiger partial charge in [0.15, 0.2) is 5.94 Å². The first-order chi connectivity index (χ1) is 13.6. The summed E-state index contributed by atoms with van der Waals surface area (Å²) >= 11 is 6.19. The fourth-order valence-corrected chi connectivity index (χ4v) is 3.63. The number of ether oxygens (including phenoxy) is 1. The normalized spacial score (nSPS) is 19.1. The van der Waals surface area contributed by atoms with Gasteiger partial charge in [-0.1, -0.05) is 30.3 Å². The third kappa shape index (κ3) is 4.07.